The molecule has 3 rings (SSSR count). The van der Waals surface area contributed by atoms with Gasteiger partial charge in [-0.25, -0.2) is 4.79 Å². The fourth-order valence-electron chi connectivity index (χ4n) is 5.83. The highest BCUT2D eigenvalue weighted by Crippen LogP contribution is 2.31. The van der Waals surface area contributed by atoms with E-state index in [2.05, 4.69) is 10.6 Å². The number of nitrogens with zero attached hydrogens (tertiary/aromatic N) is 2. The first-order valence-corrected chi connectivity index (χ1v) is 15.1. The topological polar surface area (TPSA) is 142 Å². The molecule has 0 aliphatic carbocycles. The number of fused-ring (bicyclic) bond motifs is 1. The molecule has 2 aliphatic heterocycles. The molecule has 11 nitrogen and oxygen atoms in total. The second-order valence-corrected chi connectivity index (χ2v) is 12.7. The number of hydrogen-bond acceptors (Lipinski definition) is 7. The van der Waals surface area contributed by atoms with Crippen LogP contribution >= 0.6 is 0 Å². The van der Waals surface area contributed by atoms with Gasteiger partial charge >= 0.3 is 6.09 Å². The average molecular weight is 599 g/mol. The van der Waals surface area contributed by atoms with E-state index in [1.165, 1.54) is 25.8 Å². The third-order valence-corrected chi connectivity index (χ3v) is 8.16. The Kier molecular flexibility index (Phi) is 11.1. The summed E-state index contributed by atoms with van der Waals surface area (Å²) in [6.45, 7) is 9.74. The Morgan fingerprint density at radius 1 is 1.02 bits per heavy atom. The van der Waals surface area contributed by atoms with Gasteiger partial charge in [0.1, 0.15) is 41.2 Å². The molecule has 2 aliphatic rings. The van der Waals surface area contributed by atoms with E-state index in [0.717, 1.165) is 24.8 Å². The van der Waals surface area contributed by atoms with Crippen LogP contribution in [0.5, 0.6) is 0 Å². The Labute approximate surface area is 254 Å². The molecule has 1 aromatic carbocycles. The first-order chi connectivity index (χ1) is 20.1. The molecule has 0 aromatic heterocycles. The van der Waals surface area contributed by atoms with Gasteiger partial charge in [0.05, 0.1) is 0 Å². The van der Waals surface area contributed by atoms with Gasteiger partial charge in [-0.05, 0) is 78.4 Å². The normalized spacial score (nSPS) is 21.3. The molecule has 4 atom stereocenters. The zero-order valence-electron chi connectivity index (χ0n) is 26.4. The zero-order valence-corrected chi connectivity index (χ0v) is 26.4. The van der Waals surface area contributed by atoms with E-state index in [1.807, 2.05) is 0 Å². The number of rotatable bonds is 9. The van der Waals surface area contributed by atoms with Crippen molar-refractivity contribution in [3.05, 3.63) is 35.4 Å². The first-order valence-electron chi connectivity index (χ1n) is 15.1. The molecule has 2 saturated heterocycles. The van der Waals surface area contributed by atoms with Crippen molar-refractivity contribution >= 4 is 35.4 Å². The Balaban J connectivity index is 1.69. The predicted molar refractivity (Wildman–Crippen MR) is 160 cm³/mol. The number of Topliss-reactive ketones (excluding diaryl/α,β-unsaturated/α-hetero) is 2. The highest BCUT2D eigenvalue weighted by molar-refractivity contribution is 6.05. The van der Waals surface area contributed by atoms with Crippen LogP contribution in [0.1, 0.15) is 97.1 Å². The highest BCUT2D eigenvalue weighted by atomic mass is 16.6. The minimum atomic E-state index is -0.872. The van der Waals surface area contributed by atoms with E-state index in [1.54, 1.807) is 56.9 Å². The van der Waals surface area contributed by atoms with Crippen molar-refractivity contribution in [2.45, 2.75) is 122 Å². The molecule has 4 unspecified atom stereocenters. The molecule has 0 saturated carbocycles. The van der Waals surface area contributed by atoms with Gasteiger partial charge in [0.2, 0.25) is 17.7 Å². The van der Waals surface area contributed by atoms with Gasteiger partial charge in [-0.15, -0.1) is 0 Å². The molecule has 2 fully saturated rings. The number of hydrogen-bond donors (Lipinski definition) is 2. The van der Waals surface area contributed by atoms with Crippen LogP contribution in [0.2, 0.25) is 0 Å². The second-order valence-electron chi connectivity index (χ2n) is 12.7. The van der Waals surface area contributed by atoms with Crippen LogP contribution in [0.15, 0.2) is 24.3 Å². The SMILES string of the molecule is CC(=O)C(C(C)=O)c1cccc(CNC(=O)C2CCC3CCCCC(NC(=O)C(C)N(C)C(=O)OC(C)(C)C)C(=O)N32)c1. The molecular weight excluding hydrogens is 552 g/mol. The fourth-order valence-corrected chi connectivity index (χ4v) is 5.83. The molecule has 0 bridgehead atoms. The van der Waals surface area contributed by atoms with Crippen molar-refractivity contribution in [3.63, 3.8) is 0 Å². The highest BCUT2D eigenvalue weighted by Gasteiger charge is 2.44. The molecule has 2 N–H and O–H groups in total. The third kappa shape index (κ3) is 8.64. The first kappa shape index (κ1) is 33.7. The zero-order chi connectivity index (χ0) is 32.1. The lowest BCUT2D eigenvalue weighted by atomic mass is 9.91. The van der Waals surface area contributed by atoms with E-state index < -0.39 is 41.6 Å². The number of carbonyl (C=O) groups is 6. The van der Waals surface area contributed by atoms with Gasteiger partial charge in [0.15, 0.2) is 0 Å². The maximum Gasteiger partial charge on any atom is 0.410 e. The lowest BCUT2D eigenvalue weighted by molar-refractivity contribution is -0.144. The molecule has 4 amide bonds. The van der Waals surface area contributed by atoms with Gasteiger partial charge in [0.25, 0.3) is 0 Å². The van der Waals surface area contributed by atoms with Crippen LogP contribution in [0.4, 0.5) is 4.79 Å². The smallest absolute Gasteiger partial charge is 0.410 e. The molecule has 0 radical (unpaired) electrons. The van der Waals surface area contributed by atoms with Crippen molar-refractivity contribution in [3.8, 4) is 0 Å². The monoisotopic (exact) mass is 598 g/mol. The summed E-state index contributed by atoms with van der Waals surface area (Å²) < 4.78 is 5.37. The predicted octanol–water partition coefficient (Wildman–Crippen LogP) is 3.24. The lowest BCUT2D eigenvalue weighted by Gasteiger charge is -2.36. The van der Waals surface area contributed by atoms with E-state index >= 15 is 0 Å². The van der Waals surface area contributed by atoms with Crippen LogP contribution in [0.25, 0.3) is 0 Å². The van der Waals surface area contributed by atoms with Crippen molar-refractivity contribution in [2.24, 2.45) is 0 Å². The summed E-state index contributed by atoms with van der Waals surface area (Å²) in [6.07, 6.45) is 3.40. The maximum atomic E-state index is 13.8. The van der Waals surface area contributed by atoms with Crippen molar-refractivity contribution in [1.29, 1.82) is 0 Å². The van der Waals surface area contributed by atoms with E-state index in [0.29, 0.717) is 24.8 Å². The molecule has 0 spiro atoms. The van der Waals surface area contributed by atoms with Gasteiger partial charge in [-0.3, -0.25) is 28.9 Å². The number of ketones is 2. The maximum absolute atomic E-state index is 13.8. The molecule has 236 valence electrons. The third-order valence-electron chi connectivity index (χ3n) is 8.16. The Hall–Kier alpha value is -3.76. The number of amides is 4. The van der Waals surface area contributed by atoms with Crippen molar-refractivity contribution in [1.82, 2.24) is 20.4 Å². The summed E-state index contributed by atoms with van der Waals surface area (Å²) in [5.74, 6) is -2.39. The minimum Gasteiger partial charge on any atom is -0.444 e. The van der Waals surface area contributed by atoms with Gasteiger partial charge in [-0.2, -0.15) is 0 Å². The summed E-state index contributed by atoms with van der Waals surface area (Å²) in [4.78, 5) is 79.7. The summed E-state index contributed by atoms with van der Waals surface area (Å²) in [6, 6.07) is 4.56. The van der Waals surface area contributed by atoms with E-state index in [9.17, 15) is 28.8 Å². The molecular formula is C32H46N4O7. The van der Waals surface area contributed by atoms with Crippen LogP contribution in [0, 0.1) is 0 Å². The Morgan fingerprint density at radius 3 is 2.30 bits per heavy atom. The summed E-state index contributed by atoms with van der Waals surface area (Å²) in [7, 11) is 1.48. The van der Waals surface area contributed by atoms with Crippen LogP contribution < -0.4 is 10.6 Å². The molecule has 1 aromatic rings. The molecule has 43 heavy (non-hydrogen) atoms. The fraction of sp³-hybridized carbons (Fsp3) is 0.625. The minimum absolute atomic E-state index is 0.0972. The number of benzene rings is 1. The van der Waals surface area contributed by atoms with Gasteiger partial charge in [0, 0.05) is 19.6 Å². The number of carbonyl (C=O) groups excluding carboxylic acids is 6. The largest absolute Gasteiger partial charge is 0.444 e. The lowest BCUT2D eigenvalue weighted by Crippen LogP contribution is -2.58. The van der Waals surface area contributed by atoms with Crippen LogP contribution in [0.3, 0.4) is 0 Å². The standard InChI is InChI=1S/C32H46N4O7/c1-19(35(7)31(42)43-32(4,5)6)28(39)34-25-14-9-8-13-24-15-16-26(36(24)30(25)41)29(40)33-18-22-11-10-12-23(17-22)27(20(2)37)21(3)38/h10-12,17,19,24-27H,8-9,13-16,18H2,1-7H3,(H,33,40)(H,34,39). The molecule has 2 heterocycles. The van der Waals surface area contributed by atoms with Crippen molar-refractivity contribution < 1.29 is 33.5 Å². The van der Waals surface area contributed by atoms with Gasteiger partial charge in [-0.1, -0.05) is 37.1 Å². The number of ether oxygens (including phenoxy) is 1. The summed E-state index contributed by atoms with van der Waals surface area (Å²) in [5.41, 5.74) is 0.600. The van der Waals surface area contributed by atoms with Crippen LogP contribution in [-0.4, -0.2) is 82.0 Å². The van der Waals surface area contributed by atoms with Crippen LogP contribution in [-0.2, 0) is 35.3 Å². The van der Waals surface area contributed by atoms with E-state index in [-0.39, 0.29) is 36.0 Å². The Morgan fingerprint density at radius 2 is 1.67 bits per heavy atom. The number of likely N-dealkylation sites (N-methyl/N-ethyl adjacent to an activating group) is 1. The Bertz CT molecular complexity index is 1230. The summed E-state index contributed by atoms with van der Waals surface area (Å²) in [5, 5.41) is 5.76. The van der Waals surface area contributed by atoms with E-state index in [4.69, 9.17) is 4.74 Å². The quantitative estimate of drug-likeness (QED) is 0.416. The second kappa shape index (κ2) is 14.1. The summed E-state index contributed by atoms with van der Waals surface area (Å²) >= 11 is 0. The van der Waals surface area contributed by atoms with Crippen molar-refractivity contribution in [2.75, 3.05) is 7.05 Å². The average Bonchev–Trinajstić information content (AvgIpc) is 3.33. The molecule has 11 heteroatoms. The van der Waals surface area contributed by atoms with Gasteiger partial charge < -0.3 is 20.3 Å². The number of nitrogens with one attached hydrogen (secondary N) is 2.